The summed E-state index contributed by atoms with van der Waals surface area (Å²) in [7, 11) is -3.54. The standard InChI is InChI=1S/C26H27ClN2O5S/c1-19-13-15-29(16-14-19)35(31,32)23-10-8-21(9-11-23)33-18-26(30)28-24-17-20(27)7-12-25(24)34-22-5-3-2-4-6-22/h2-12,17,19H,13-16,18H2,1H3,(H,28,30). The minimum Gasteiger partial charge on any atom is -0.484 e. The lowest BCUT2D eigenvalue weighted by Crippen LogP contribution is -2.37. The highest BCUT2D eigenvalue weighted by atomic mass is 35.5. The summed E-state index contributed by atoms with van der Waals surface area (Å²) in [4.78, 5) is 12.7. The maximum Gasteiger partial charge on any atom is 0.262 e. The third-order valence-corrected chi connectivity index (χ3v) is 7.91. The monoisotopic (exact) mass is 514 g/mol. The summed E-state index contributed by atoms with van der Waals surface area (Å²) in [5.74, 6) is 1.57. The van der Waals surface area contributed by atoms with E-state index < -0.39 is 15.9 Å². The number of sulfonamides is 1. The van der Waals surface area contributed by atoms with E-state index in [1.165, 1.54) is 16.4 Å². The molecule has 1 N–H and O–H groups in total. The smallest absolute Gasteiger partial charge is 0.262 e. The summed E-state index contributed by atoms with van der Waals surface area (Å²) < 4.78 is 38.7. The van der Waals surface area contributed by atoms with Crippen molar-refractivity contribution < 1.29 is 22.7 Å². The molecule has 0 saturated carbocycles. The summed E-state index contributed by atoms with van der Waals surface area (Å²) in [5.41, 5.74) is 0.409. The molecular weight excluding hydrogens is 488 g/mol. The van der Waals surface area contributed by atoms with Gasteiger partial charge in [0.1, 0.15) is 11.5 Å². The zero-order valence-corrected chi connectivity index (χ0v) is 20.9. The molecule has 0 atom stereocenters. The number of amides is 1. The predicted molar refractivity (Wildman–Crippen MR) is 136 cm³/mol. The fourth-order valence-electron chi connectivity index (χ4n) is 3.72. The summed E-state index contributed by atoms with van der Waals surface area (Å²) in [6, 6.07) is 20.2. The molecule has 0 radical (unpaired) electrons. The van der Waals surface area contributed by atoms with Gasteiger partial charge < -0.3 is 14.8 Å². The van der Waals surface area contributed by atoms with E-state index in [1.54, 1.807) is 42.5 Å². The average Bonchev–Trinajstić information content (AvgIpc) is 2.85. The topological polar surface area (TPSA) is 84.9 Å². The zero-order chi connectivity index (χ0) is 24.8. The third-order valence-electron chi connectivity index (χ3n) is 5.76. The van der Waals surface area contributed by atoms with Gasteiger partial charge in [-0.15, -0.1) is 0 Å². The molecular formula is C26H27ClN2O5S. The van der Waals surface area contributed by atoms with Crippen LogP contribution in [0.4, 0.5) is 5.69 Å². The molecule has 184 valence electrons. The Morgan fingerprint density at radius 1 is 1.00 bits per heavy atom. The van der Waals surface area contributed by atoms with Gasteiger partial charge in [-0.25, -0.2) is 8.42 Å². The third kappa shape index (κ3) is 6.54. The molecule has 1 saturated heterocycles. The molecule has 0 aromatic heterocycles. The van der Waals surface area contributed by atoms with Crippen molar-refractivity contribution in [2.45, 2.75) is 24.7 Å². The molecule has 1 aliphatic rings. The minimum absolute atomic E-state index is 0.213. The molecule has 1 aliphatic heterocycles. The number of ether oxygens (including phenoxy) is 2. The first-order valence-electron chi connectivity index (χ1n) is 11.4. The van der Waals surface area contributed by atoms with E-state index in [9.17, 15) is 13.2 Å². The summed E-state index contributed by atoms with van der Waals surface area (Å²) in [5, 5.41) is 3.19. The van der Waals surface area contributed by atoms with Crippen LogP contribution in [0.3, 0.4) is 0 Å². The van der Waals surface area contributed by atoms with Gasteiger partial charge in [-0.1, -0.05) is 36.7 Å². The molecule has 0 aliphatic carbocycles. The van der Waals surface area contributed by atoms with E-state index in [0.29, 0.717) is 47.0 Å². The van der Waals surface area contributed by atoms with Gasteiger partial charge in [-0.3, -0.25) is 4.79 Å². The Kier molecular flexibility index (Phi) is 7.95. The van der Waals surface area contributed by atoms with Crippen LogP contribution < -0.4 is 14.8 Å². The van der Waals surface area contributed by atoms with E-state index in [0.717, 1.165) is 12.8 Å². The molecule has 35 heavy (non-hydrogen) atoms. The lowest BCUT2D eigenvalue weighted by molar-refractivity contribution is -0.118. The Labute approximate surface area is 210 Å². The first kappa shape index (κ1) is 25.0. The highest BCUT2D eigenvalue weighted by Gasteiger charge is 2.28. The number of para-hydroxylation sites is 1. The van der Waals surface area contributed by atoms with Gasteiger partial charge in [-0.2, -0.15) is 4.31 Å². The lowest BCUT2D eigenvalue weighted by Gasteiger charge is -2.29. The number of carbonyl (C=O) groups excluding carboxylic acids is 1. The highest BCUT2D eigenvalue weighted by molar-refractivity contribution is 7.89. The second-order valence-corrected chi connectivity index (χ2v) is 10.8. The van der Waals surface area contributed by atoms with Crippen LogP contribution in [0.15, 0.2) is 77.7 Å². The second-order valence-electron chi connectivity index (χ2n) is 8.45. The van der Waals surface area contributed by atoms with Crippen LogP contribution in [0.25, 0.3) is 0 Å². The number of carbonyl (C=O) groups is 1. The molecule has 4 rings (SSSR count). The Balaban J connectivity index is 1.36. The second kappa shape index (κ2) is 11.1. The van der Waals surface area contributed by atoms with E-state index in [-0.39, 0.29) is 11.5 Å². The van der Waals surface area contributed by atoms with Crippen LogP contribution in [0.1, 0.15) is 19.8 Å². The quantitative estimate of drug-likeness (QED) is 0.424. The molecule has 7 nitrogen and oxygen atoms in total. The molecule has 1 amide bonds. The average molecular weight is 515 g/mol. The highest BCUT2D eigenvalue weighted by Crippen LogP contribution is 2.32. The Hall–Kier alpha value is -3.07. The zero-order valence-electron chi connectivity index (χ0n) is 19.3. The number of hydrogen-bond donors (Lipinski definition) is 1. The molecule has 3 aromatic rings. The van der Waals surface area contributed by atoms with Crippen LogP contribution in [0.2, 0.25) is 5.02 Å². The Morgan fingerprint density at radius 2 is 1.69 bits per heavy atom. The maximum absolute atomic E-state index is 12.9. The number of hydrogen-bond acceptors (Lipinski definition) is 5. The van der Waals surface area contributed by atoms with Gasteiger partial charge in [0.2, 0.25) is 10.0 Å². The van der Waals surface area contributed by atoms with Crippen molar-refractivity contribution in [1.82, 2.24) is 4.31 Å². The van der Waals surface area contributed by atoms with Crippen LogP contribution in [-0.4, -0.2) is 38.3 Å². The van der Waals surface area contributed by atoms with E-state index in [1.807, 2.05) is 18.2 Å². The van der Waals surface area contributed by atoms with E-state index >= 15 is 0 Å². The van der Waals surface area contributed by atoms with Crippen molar-refractivity contribution in [3.05, 3.63) is 77.8 Å². The van der Waals surface area contributed by atoms with Gasteiger partial charge in [0, 0.05) is 18.1 Å². The maximum atomic E-state index is 12.9. The fourth-order valence-corrected chi connectivity index (χ4v) is 5.36. The molecule has 0 bridgehead atoms. The van der Waals surface area contributed by atoms with Crippen molar-refractivity contribution in [2.24, 2.45) is 5.92 Å². The summed E-state index contributed by atoms with van der Waals surface area (Å²) >= 11 is 6.10. The lowest BCUT2D eigenvalue weighted by atomic mass is 10.0. The number of rotatable bonds is 8. The van der Waals surface area contributed by atoms with E-state index in [4.69, 9.17) is 21.1 Å². The predicted octanol–water partition coefficient (Wildman–Crippen LogP) is 5.57. The van der Waals surface area contributed by atoms with Gasteiger partial charge in [0.25, 0.3) is 5.91 Å². The van der Waals surface area contributed by atoms with Crippen molar-refractivity contribution >= 4 is 33.2 Å². The summed E-state index contributed by atoms with van der Waals surface area (Å²) in [6.45, 7) is 2.92. The normalized spacial score (nSPS) is 14.9. The van der Waals surface area contributed by atoms with Gasteiger partial charge in [0.05, 0.1) is 10.6 Å². The Bertz CT molecular complexity index is 1260. The molecule has 1 heterocycles. The van der Waals surface area contributed by atoms with Crippen LogP contribution >= 0.6 is 11.6 Å². The molecule has 0 unspecified atom stereocenters. The van der Waals surface area contributed by atoms with Crippen molar-refractivity contribution in [3.8, 4) is 17.2 Å². The van der Waals surface area contributed by atoms with Gasteiger partial charge in [0.15, 0.2) is 12.4 Å². The number of anilines is 1. The van der Waals surface area contributed by atoms with E-state index in [2.05, 4.69) is 12.2 Å². The van der Waals surface area contributed by atoms with Crippen LogP contribution in [-0.2, 0) is 14.8 Å². The number of benzene rings is 3. The molecule has 9 heteroatoms. The SMILES string of the molecule is CC1CCN(S(=O)(=O)c2ccc(OCC(=O)Nc3cc(Cl)ccc3Oc3ccccc3)cc2)CC1. The van der Waals surface area contributed by atoms with Crippen LogP contribution in [0.5, 0.6) is 17.2 Å². The van der Waals surface area contributed by atoms with Gasteiger partial charge in [-0.05, 0) is 73.4 Å². The van der Waals surface area contributed by atoms with Crippen molar-refractivity contribution in [1.29, 1.82) is 0 Å². The Morgan fingerprint density at radius 3 is 2.37 bits per heavy atom. The largest absolute Gasteiger partial charge is 0.484 e. The van der Waals surface area contributed by atoms with Crippen molar-refractivity contribution in [2.75, 3.05) is 25.0 Å². The molecule has 1 fully saturated rings. The van der Waals surface area contributed by atoms with Crippen molar-refractivity contribution in [3.63, 3.8) is 0 Å². The fraction of sp³-hybridized carbons (Fsp3) is 0.269. The first-order valence-corrected chi connectivity index (χ1v) is 13.2. The summed E-state index contributed by atoms with van der Waals surface area (Å²) in [6.07, 6.45) is 1.72. The molecule has 3 aromatic carbocycles. The van der Waals surface area contributed by atoms with Gasteiger partial charge >= 0.3 is 0 Å². The molecule has 0 spiro atoms. The number of nitrogens with zero attached hydrogens (tertiary/aromatic N) is 1. The number of halogens is 1. The number of piperidine rings is 1. The first-order chi connectivity index (χ1) is 16.8. The van der Waals surface area contributed by atoms with Crippen LogP contribution in [0, 0.1) is 5.92 Å². The number of nitrogens with one attached hydrogen (secondary N) is 1. The minimum atomic E-state index is -3.54.